The van der Waals surface area contributed by atoms with Gasteiger partial charge in [0.15, 0.2) is 0 Å². The summed E-state index contributed by atoms with van der Waals surface area (Å²) in [5.74, 6) is 1.02. The fourth-order valence-electron chi connectivity index (χ4n) is 1.43. The highest BCUT2D eigenvalue weighted by Gasteiger charge is 2.13. The van der Waals surface area contributed by atoms with Crippen LogP contribution in [0, 0.1) is 0 Å². The average molecular weight is 292 g/mol. The van der Waals surface area contributed by atoms with Crippen molar-refractivity contribution >= 4 is 34.8 Å². The van der Waals surface area contributed by atoms with Crippen LogP contribution in [0.2, 0.25) is 15.1 Å². The standard InChI is InChI=1S/C12H9Cl3O2/c1-6(16)11-2-3-12(17-11)7-4-9(14)10(15)5-8(7)13/h2-6,16H,1H3. The predicted octanol–water partition coefficient (Wildman–Crippen LogP) is 4.96. The SMILES string of the molecule is CC(O)c1ccc(-c2cc(Cl)c(Cl)cc2Cl)o1. The van der Waals surface area contributed by atoms with Crippen LogP contribution in [0.4, 0.5) is 0 Å². The normalized spacial score (nSPS) is 12.8. The molecule has 17 heavy (non-hydrogen) atoms. The highest BCUT2D eigenvalue weighted by atomic mass is 35.5. The van der Waals surface area contributed by atoms with Crippen LogP contribution < -0.4 is 0 Å². The lowest BCUT2D eigenvalue weighted by Crippen LogP contribution is -1.85. The Labute approximate surface area is 114 Å². The molecule has 0 saturated carbocycles. The lowest BCUT2D eigenvalue weighted by molar-refractivity contribution is 0.170. The van der Waals surface area contributed by atoms with Crippen LogP contribution in [0.1, 0.15) is 18.8 Å². The van der Waals surface area contributed by atoms with Gasteiger partial charge in [-0.25, -0.2) is 0 Å². The van der Waals surface area contributed by atoms with E-state index in [1.807, 2.05) is 0 Å². The number of hydrogen-bond acceptors (Lipinski definition) is 2. The van der Waals surface area contributed by atoms with Crippen molar-refractivity contribution in [1.29, 1.82) is 0 Å². The molecule has 0 fully saturated rings. The first-order chi connectivity index (χ1) is 7.99. The van der Waals surface area contributed by atoms with Crippen molar-refractivity contribution in [2.45, 2.75) is 13.0 Å². The smallest absolute Gasteiger partial charge is 0.135 e. The fraction of sp³-hybridized carbons (Fsp3) is 0.167. The van der Waals surface area contributed by atoms with E-state index in [2.05, 4.69) is 0 Å². The Hall–Kier alpha value is -0.670. The third-order valence-electron chi connectivity index (χ3n) is 2.31. The van der Waals surface area contributed by atoms with Crippen molar-refractivity contribution in [3.8, 4) is 11.3 Å². The summed E-state index contributed by atoms with van der Waals surface area (Å²) >= 11 is 17.8. The van der Waals surface area contributed by atoms with Crippen molar-refractivity contribution in [2.24, 2.45) is 0 Å². The quantitative estimate of drug-likeness (QED) is 0.793. The first kappa shape index (κ1) is 12.8. The van der Waals surface area contributed by atoms with E-state index >= 15 is 0 Å². The maximum atomic E-state index is 9.38. The van der Waals surface area contributed by atoms with Crippen LogP contribution in [-0.2, 0) is 0 Å². The number of halogens is 3. The minimum atomic E-state index is -0.662. The van der Waals surface area contributed by atoms with Crippen LogP contribution >= 0.6 is 34.8 Å². The van der Waals surface area contributed by atoms with E-state index in [1.54, 1.807) is 31.2 Å². The topological polar surface area (TPSA) is 33.4 Å². The summed E-state index contributed by atoms with van der Waals surface area (Å²) < 4.78 is 5.47. The van der Waals surface area contributed by atoms with Gasteiger partial charge >= 0.3 is 0 Å². The third-order valence-corrected chi connectivity index (χ3v) is 3.35. The number of aliphatic hydroxyl groups excluding tert-OH is 1. The van der Waals surface area contributed by atoms with E-state index in [0.29, 0.717) is 32.2 Å². The van der Waals surface area contributed by atoms with Gasteiger partial charge in [-0.2, -0.15) is 0 Å². The maximum Gasteiger partial charge on any atom is 0.135 e. The van der Waals surface area contributed by atoms with Crippen LogP contribution in [-0.4, -0.2) is 5.11 Å². The minimum absolute atomic E-state index is 0.391. The van der Waals surface area contributed by atoms with E-state index in [9.17, 15) is 5.11 Å². The monoisotopic (exact) mass is 290 g/mol. The molecule has 0 spiro atoms. The molecule has 1 aromatic carbocycles. The van der Waals surface area contributed by atoms with Crippen molar-refractivity contribution in [2.75, 3.05) is 0 Å². The summed E-state index contributed by atoms with van der Waals surface area (Å²) in [4.78, 5) is 0. The summed E-state index contributed by atoms with van der Waals surface area (Å²) in [6.45, 7) is 1.62. The summed E-state index contributed by atoms with van der Waals surface area (Å²) in [6, 6.07) is 6.62. The van der Waals surface area contributed by atoms with Crippen LogP contribution in [0.15, 0.2) is 28.7 Å². The van der Waals surface area contributed by atoms with Gasteiger partial charge in [0.1, 0.15) is 17.6 Å². The second kappa shape index (κ2) is 4.91. The van der Waals surface area contributed by atoms with Gasteiger partial charge in [0.2, 0.25) is 0 Å². The Morgan fingerprint density at radius 3 is 2.29 bits per heavy atom. The van der Waals surface area contributed by atoms with Gasteiger partial charge < -0.3 is 9.52 Å². The Bertz CT molecular complexity index is 547. The van der Waals surface area contributed by atoms with E-state index in [-0.39, 0.29) is 0 Å². The zero-order valence-corrected chi connectivity index (χ0v) is 11.1. The Kier molecular flexibility index (Phi) is 3.69. The van der Waals surface area contributed by atoms with Gasteiger partial charge in [0.05, 0.1) is 15.1 Å². The zero-order chi connectivity index (χ0) is 12.6. The summed E-state index contributed by atoms with van der Waals surface area (Å²) in [5, 5.41) is 10.6. The molecule has 0 radical (unpaired) electrons. The van der Waals surface area contributed by atoms with E-state index in [4.69, 9.17) is 39.2 Å². The molecule has 2 nitrogen and oxygen atoms in total. The van der Waals surface area contributed by atoms with Gasteiger partial charge in [0.25, 0.3) is 0 Å². The van der Waals surface area contributed by atoms with Gasteiger partial charge in [-0.15, -0.1) is 0 Å². The second-order valence-electron chi connectivity index (χ2n) is 3.62. The first-order valence-electron chi connectivity index (χ1n) is 4.91. The number of furan rings is 1. The highest BCUT2D eigenvalue weighted by molar-refractivity contribution is 6.44. The van der Waals surface area contributed by atoms with Crippen LogP contribution in [0.3, 0.4) is 0 Å². The lowest BCUT2D eigenvalue weighted by atomic mass is 10.2. The lowest BCUT2D eigenvalue weighted by Gasteiger charge is -2.04. The summed E-state index contributed by atoms with van der Waals surface area (Å²) in [5.41, 5.74) is 0.646. The molecule has 5 heteroatoms. The summed E-state index contributed by atoms with van der Waals surface area (Å²) in [7, 11) is 0. The first-order valence-corrected chi connectivity index (χ1v) is 6.05. The van der Waals surface area contributed by atoms with Crippen LogP contribution in [0.25, 0.3) is 11.3 Å². The zero-order valence-electron chi connectivity index (χ0n) is 8.88. The van der Waals surface area contributed by atoms with Gasteiger partial charge in [0, 0.05) is 5.56 Å². The molecular formula is C12H9Cl3O2. The number of aliphatic hydroxyl groups is 1. The molecule has 1 atom stereocenters. The van der Waals surface area contributed by atoms with Crippen molar-refractivity contribution in [3.63, 3.8) is 0 Å². The molecule has 0 aliphatic carbocycles. The second-order valence-corrected chi connectivity index (χ2v) is 4.85. The number of hydrogen-bond donors (Lipinski definition) is 1. The molecule has 90 valence electrons. The largest absolute Gasteiger partial charge is 0.458 e. The molecule has 1 aromatic heterocycles. The van der Waals surface area contributed by atoms with Gasteiger partial charge in [-0.3, -0.25) is 0 Å². The predicted molar refractivity (Wildman–Crippen MR) is 69.8 cm³/mol. The minimum Gasteiger partial charge on any atom is -0.458 e. The molecule has 1 heterocycles. The van der Waals surface area contributed by atoms with Crippen molar-refractivity contribution in [3.05, 3.63) is 45.1 Å². The Balaban J connectivity index is 2.49. The number of benzene rings is 1. The van der Waals surface area contributed by atoms with E-state index < -0.39 is 6.10 Å². The Morgan fingerprint density at radius 2 is 1.71 bits per heavy atom. The van der Waals surface area contributed by atoms with Crippen molar-refractivity contribution in [1.82, 2.24) is 0 Å². The summed E-state index contributed by atoms with van der Waals surface area (Å²) in [6.07, 6.45) is -0.662. The highest BCUT2D eigenvalue weighted by Crippen LogP contribution is 2.36. The molecule has 1 N–H and O–H groups in total. The fourth-order valence-corrected chi connectivity index (χ4v) is 2.07. The molecule has 2 aromatic rings. The Morgan fingerprint density at radius 1 is 1.06 bits per heavy atom. The third kappa shape index (κ3) is 2.61. The molecule has 0 amide bonds. The maximum absolute atomic E-state index is 9.38. The molecule has 0 aliphatic heterocycles. The molecule has 1 unspecified atom stereocenters. The van der Waals surface area contributed by atoms with Gasteiger partial charge in [-0.05, 0) is 31.2 Å². The molecule has 0 saturated heterocycles. The van der Waals surface area contributed by atoms with E-state index in [0.717, 1.165) is 0 Å². The van der Waals surface area contributed by atoms with Gasteiger partial charge in [-0.1, -0.05) is 34.8 Å². The molecule has 2 rings (SSSR count). The molecule has 0 bridgehead atoms. The average Bonchev–Trinajstić information content (AvgIpc) is 2.72. The van der Waals surface area contributed by atoms with Crippen molar-refractivity contribution < 1.29 is 9.52 Å². The molecule has 0 aliphatic rings. The van der Waals surface area contributed by atoms with E-state index in [1.165, 1.54) is 0 Å². The molecular weight excluding hydrogens is 282 g/mol. The van der Waals surface area contributed by atoms with Crippen LogP contribution in [0.5, 0.6) is 0 Å². The number of rotatable bonds is 2.